The zero-order chi connectivity index (χ0) is 20.6. The summed E-state index contributed by atoms with van der Waals surface area (Å²) in [7, 11) is 4.22. The molecule has 0 bridgehead atoms. The van der Waals surface area contributed by atoms with Gasteiger partial charge in [-0.3, -0.25) is 0 Å². The van der Waals surface area contributed by atoms with E-state index in [4.69, 9.17) is 4.74 Å². The highest BCUT2D eigenvalue weighted by Crippen LogP contribution is 2.65. The van der Waals surface area contributed by atoms with Crippen LogP contribution in [0.5, 0.6) is 5.75 Å². The second-order valence-corrected chi connectivity index (χ2v) is 10.6. The first-order valence-corrected chi connectivity index (χ1v) is 12.0. The molecule has 0 saturated heterocycles. The maximum absolute atomic E-state index is 11.5. The van der Waals surface area contributed by atoms with Gasteiger partial charge in [-0.1, -0.05) is 26.3 Å². The van der Waals surface area contributed by atoms with Gasteiger partial charge in [0.15, 0.2) is 0 Å². The molecule has 4 rings (SSSR count). The summed E-state index contributed by atoms with van der Waals surface area (Å²) >= 11 is 0. The smallest absolute Gasteiger partial charge is 0.119 e. The Morgan fingerprint density at radius 3 is 2.76 bits per heavy atom. The molecule has 0 aromatic heterocycles. The highest BCUT2D eigenvalue weighted by atomic mass is 16.5. The van der Waals surface area contributed by atoms with E-state index in [0.29, 0.717) is 11.8 Å². The number of nitrogens with zero attached hydrogens (tertiary/aromatic N) is 1. The van der Waals surface area contributed by atoms with E-state index in [1.807, 2.05) is 0 Å². The lowest BCUT2D eigenvalue weighted by Gasteiger charge is -2.53. The summed E-state index contributed by atoms with van der Waals surface area (Å²) in [4.78, 5) is 2.21. The molecule has 1 aromatic carbocycles. The van der Waals surface area contributed by atoms with Crippen LogP contribution in [0, 0.1) is 17.3 Å². The Bertz CT molecular complexity index is 717. The van der Waals surface area contributed by atoms with Crippen LogP contribution >= 0.6 is 0 Å². The van der Waals surface area contributed by atoms with Crippen molar-refractivity contribution in [2.75, 3.05) is 27.2 Å². The Morgan fingerprint density at radius 2 is 2.00 bits per heavy atom. The second-order valence-electron chi connectivity index (χ2n) is 10.6. The molecule has 1 aromatic rings. The van der Waals surface area contributed by atoms with Gasteiger partial charge in [-0.2, -0.15) is 0 Å². The summed E-state index contributed by atoms with van der Waals surface area (Å²) in [5, 5.41) is 11.5. The fraction of sp³-hybridized carbons (Fsp3) is 0.769. The van der Waals surface area contributed by atoms with Crippen LogP contribution in [0.4, 0.5) is 0 Å². The van der Waals surface area contributed by atoms with Crippen LogP contribution in [0.15, 0.2) is 18.2 Å². The van der Waals surface area contributed by atoms with Gasteiger partial charge in [0.25, 0.3) is 0 Å². The normalized spacial score (nSPS) is 35.9. The minimum Gasteiger partial charge on any atom is -0.494 e. The van der Waals surface area contributed by atoms with Crippen LogP contribution in [-0.4, -0.2) is 42.9 Å². The van der Waals surface area contributed by atoms with E-state index >= 15 is 0 Å². The van der Waals surface area contributed by atoms with Crippen molar-refractivity contribution in [3.8, 4) is 5.75 Å². The summed E-state index contributed by atoms with van der Waals surface area (Å²) in [5.74, 6) is 3.16. The average molecular weight is 400 g/mol. The highest BCUT2D eigenvalue weighted by Gasteiger charge is 2.60. The number of hydrogen-bond acceptors (Lipinski definition) is 3. The van der Waals surface area contributed by atoms with Gasteiger partial charge in [0.05, 0.1) is 12.2 Å². The number of ether oxygens (including phenoxy) is 1. The number of benzene rings is 1. The number of hydrogen-bond donors (Lipinski definition) is 1. The number of aliphatic hydroxyl groups is 1. The molecule has 0 amide bonds. The molecule has 3 heteroatoms. The Hall–Kier alpha value is -1.06. The van der Waals surface area contributed by atoms with Gasteiger partial charge in [0, 0.05) is 6.54 Å². The van der Waals surface area contributed by atoms with Crippen molar-refractivity contribution >= 4 is 0 Å². The van der Waals surface area contributed by atoms with Crippen molar-refractivity contribution in [1.29, 1.82) is 0 Å². The summed E-state index contributed by atoms with van der Waals surface area (Å²) in [6, 6.07) is 6.88. The van der Waals surface area contributed by atoms with Crippen molar-refractivity contribution in [3.05, 3.63) is 29.3 Å². The molecule has 162 valence electrons. The van der Waals surface area contributed by atoms with Gasteiger partial charge in [0.2, 0.25) is 0 Å². The van der Waals surface area contributed by atoms with Crippen LogP contribution in [0.1, 0.15) is 82.3 Å². The van der Waals surface area contributed by atoms with Crippen molar-refractivity contribution in [1.82, 2.24) is 4.90 Å². The first-order valence-electron chi connectivity index (χ1n) is 12.0. The molecule has 2 fully saturated rings. The topological polar surface area (TPSA) is 32.7 Å². The van der Waals surface area contributed by atoms with E-state index in [0.717, 1.165) is 50.5 Å². The molecule has 0 aliphatic heterocycles. The van der Waals surface area contributed by atoms with Crippen molar-refractivity contribution < 1.29 is 9.84 Å². The number of fused-ring (bicyclic) bond motifs is 5. The lowest BCUT2D eigenvalue weighted by Crippen LogP contribution is -2.50. The molecular formula is C26H41NO2. The minimum atomic E-state index is -0.429. The Balaban J connectivity index is 1.47. The molecule has 0 radical (unpaired) electrons. The Morgan fingerprint density at radius 1 is 1.17 bits per heavy atom. The minimum absolute atomic E-state index is 0.122. The monoisotopic (exact) mass is 399 g/mol. The van der Waals surface area contributed by atoms with Crippen LogP contribution < -0.4 is 4.74 Å². The third-order valence-corrected chi connectivity index (χ3v) is 8.70. The van der Waals surface area contributed by atoms with Crippen LogP contribution in [0.25, 0.3) is 0 Å². The van der Waals surface area contributed by atoms with Gasteiger partial charge in [-0.25, -0.2) is 0 Å². The fourth-order valence-corrected chi connectivity index (χ4v) is 7.15. The summed E-state index contributed by atoms with van der Waals surface area (Å²) in [6.07, 6.45) is 10.2. The average Bonchev–Trinajstić information content (AvgIpc) is 2.96. The van der Waals surface area contributed by atoms with Crippen LogP contribution in [0.2, 0.25) is 0 Å². The third kappa shape index (κ3) is 3.74. The van der Waals surface area contributed by atoms with E-state index < -0.39 is 5.60 Å². The molecule has 5 atom stereocenters. The molecule has 3 aliphatic rings. The zero-order valence-electron chi connectivity index (χ0n) is 19.0. The lowest BCUT2D eigenvalue weighted by atomic mass is 9.53. The van der Waals surface area contributed by atoms with E-state index in [1.165, 1.54) is 37.7 Å². The Labute approximate surface area is 177 Å². The fourth-order valence-electron chi connectivity index (χ4n) is 7.15. The standard InChI is InChI=1S/C26H41NO2/c1-5-13-26(28)15-12-24-23-9-7-19-18-20(29-17-6-16-27(3)4)8-10-21(19)22(23)11-14-25(24,26)2/h8,10,18,22-24,28H,5-7,9,11-17H2,1-4H3/t22-,23-,24+,25+,26-/m1/s1. The summed E-state index contributed by atoms with van der Waals surface area (Å²) < 4.78 is 6.04. The van der Waals surface area contributed by atoms with Crippen LogP contribution in [0.3, 0.4) is 0 Å². The van der Waals surface area contributed by atoms with Crippen molar-refractivity contribution in [3.63, 3.8) is 0 Å². The molecule has 2 saturated carbocycles. The SMILES string of the molecule is CCC[C@@]1(O)CC[C@H]2[C@@H]3CCc4cc(OCCCN(C)C)ccc4[C@H]3CC[C@@]21C. The molecule has 0 unspecified atom stereocenters. The number of aryl methyl sites for hydroxylation is 1. The quantitative estimate of drug-likeness (QED) is 0.623. The van der Waals surface area contributed by atoms with Gasteiger partial charge in [-0.05, 0) is 112 Å². The molecule has 29 heavy (non-hydrogen) atoms. The van der Waals surface area contributed by atoms with E-state index in [1.54, 1.807) is 5.56 Å². The second kappa shape index (κ2) is 8.23. The van der Waals surface area contributed by atoms with Gasteiger partial charge in [-0.15, -0.1) is 0 Å². The zero-order valence-corrected chi connectivity index (χ0v) is 19.0. The molecule has 0 spiro atoms. The first-order chi connectivity index (χ1) is 13.9. The molecule has 3 nitrogen and oxygen atoms in total. The van der Waals surface area contributed by atoms with Crippen LogP contribution in [-0.2, 0) is 6.42 Å². The van der Waals surface area contributed by atoms with Crippen molar-refractivity contribution in [2.24, 2.45) is 17.3 Å². The molecule has 0 heterocycles. The largest absolute Gasteiger partial charge is 0.494 e. The van der Waals surface area contributed by atoms with E-state index in [-0.39, 0.29) is 5.41 Å². The third-order valence-electron chi connectivity index (χ3n) is 8.70. The maximum atomic E-state index is 11.5. The van der Waals surface area contributed by atoms with Gasteiger partial charge in [0.1, 0.15) is 5.75 Å². The number of rotatable bonds is 7. The first kappa shape index (κ1) is 21.2. The summed E-state index contributed by atoms with van der Waals surface area (Å²) in [6.45, 7) is 6.49. The van der Waals surface area contributed by atoms with Gasteiger partial charge >= 0.3 is 0 Å². The van der Waals surface area contributed by atoms with Crippen molar-refractivity contribution in [2.45, 2.75) is 83.2 Å². The molecule has 1 N–H and O–H groups in total. The van der Waals surface area contributed by atoms with E-state index in [2.05, 4.69) is 51.0 Å². The predicted molar refractivity (Wildman–Crippen MR) is 120 cm³/mol. The molecule has 3 aliphatic carbocycles. The lowest BCUT2D eigenvalue weighted by molar-refractivity contribution is -0.107. The molecular weight excluding hydrogens is 358 g/mol. The maximum Gasteiger partial charge on any atom is 0.119 e. The van der Waals surface area contributed by atoms with E-state index in [9.17, 15) is 5.11 Å². The Kier molecular flexibility index (Phi) is 6.01. The predicted octanol–water partition coefficient (Wildman–Crippen LogP) is 5.40. The summed E-state index contributed by atoms with van der Waals surface area (Å²) in [5.41, 5.74) is 2.79. The highest BCUT2D eigenvalue weighted by molar-refractivity contribution is 5.41. The van der Waals surface area contributed by atoms with Gasteiger partial charge < -0.3 is 14.7 Å².